The Kier molecular flexibility index (Phi) is 8.23. The van der Waals surface area contributed by atoms with Gasteiger partial charge in [0.05, 0.1) is 0 Å². The summed E-state index contributed by atoms with van der Waals surface area (Å²) in [5.41, 5.74) is 1.29. The summed E-state index contributed by atoms with van der Waals surface area (Å²) >= 11 is 0. The number of hydrogen-bond donors (Lipinski definition) is 0. The first kappa shape index (κ1) is 11.9. The van der Waals surface area contributed by atoms with Crippen LogP contribution in [0.4, 0.5) is 0 Å². The third kappa shape index (κ3) is 4.61. The first-order valence-corrected chi connectivity index (χ1v) is 2.32. The Morgan fingerprint density at radius 2 is 1.67 bits per heavy atom. The smallest absolute Gasteiger partial charge is 1.00 e. The number of benzene rings is 1. The maximum Gasteiger partial charge on any atom is 2.00 e. The maximum absolute atomic E-state index is 2.93. The molecule has 0 fully saturated rings. The quantitative estimate of drug-likeness (QED) is 0.285. The van der Waals surface area contributed by atoms with Gasteiger partial charge in [-0.1, -0.05) is 6.92 Å². The van der Waals surface area contributed by atoms with E-state index in [-0.39, 0.29) is 34.1 Å². The molecule has 2 heteroatoms. The third-order valence-electron chi connectivity index (χ3n) is 0.885. The largest absolute Gasteiger partial charge is 2.00 e. The molecule has 0 aliphatic carbocycles. The van der Waals surface area contributed by atoms with Gasteiger partial charge in [-0.15, -0.1) is 0 Å². The zero-order chi connectivity index (χ0) is 5.11. The van der Waals surface area contributed by atoms with Crippen molar-refractivity contribution in [1.82, 2.24) is 0 Å². The van der Waals surface area contributed by atoms with Crippen molar-refractivity contribution in [3.05, 3.63) is 35.9 Å². The number of halogens is 1. The third-order valence-corrected chi connectivity index (χ3v) is 0.885. The minimum atomic E-state index is 0. The Balaban J connectivity index is 0. The zero-order valence-electron chi connectivity index (χ0n) is 5.39. The molecule has 1 aromatic rings. The van der Waals surface area contributed by atoms with Crippen molar-refractivity contribution in [3.63, 3.8) is 0 Å². The van der Waals surface area contributed by atoms with Crippen LogP contribution < -0.4 is 24.0 Å². The molecule has 0 saturated carbocycles. The molecule has 0 saturated heterocycles. The molecule has 0 heterocycles. The molecule has 44 valence electrons. The minimum Gasteiger partial charge on any atom is -1.00 e. The van der Waals surface area contributed by atoms with Crippen LogP contribution in [0.1, 0.15) is 5.56 Å². The molecule has 0 radical (unpaired) electrons. The fourth-order valence-electron chi connectivity index (χ4n) is 0.470. The molecule has 1 aromatic carbocycles. The van der Waals surface area contributed by atoms with Crippen molar-refractivity contribution in [3.8, 4) is 0 Å². The van der Waals surface area contributed by atoms with E-state index >= 15 is 0 Å². The summed E-state index contributed by atoms with van der Waals surface area (Å²) in [5, 5.41) is 0. The fraction of sp³-hybridized carbons (Fsp3) is 0.143. The Bertz CT molecular complexity index is 139. The van der Waals surface area contributed by atoms with E-state index in [2.05, 4.69) is 13.0 Å². The Hall–Kier alpha value is 0.119. The molecular weight excluding hydrogens is 220 g/mol. The summed E-state index contributed by atoms with van der Waals surface area (Å²) in [6.07, 6.45) is 0. The zero-order valence-corrected chi connectivity index (χ0v) is 7.55. The molecule has 0 spiro atoms. The average Bonchev–Trinajstić information content (AvgIpc) is 1.69. The van der Waals surface area contributed by atoms with Crippen molar-refractivity contribution < 1.29 is 24.0 Å². The summed E-state index contributed by atoms with van der Waals surface area (Å²) < 4.78 is 0. The number of aryl methyl sites for hydroxylation is 1. The van der Waals surface area contributed by atoms with E-state index in [0.717, 1.165) is 0 Å². The van der Waals surface area contributed by atoms with Crippen LogP contribution in [-0.2, 0) is 0 Å². The van der Waals surface area contributed by atoms with E-state index in [1.807, 2.05) is 24.3 Å². The van der Waals surface area contributed by atoms with Gasteiger partial charge >= 0.3 is 10.1 Å². The summed E-state index contributed by atoms with van der Waals surface area (Å²) in [6.45, 7) is 2.06. The van der Waals surface area contributed by atoms with Gasteiger partial charge in [-0.3, -0.25) is 0 Å². The van der Waals surface area contributed by atoms with Gasteiger partial charge in [-0.2, -0.15) is 35.9 Å². The van der Waals surface area contributed by atoms with E-state index in [0.29, 0.717) is 0 Å². The van der Waals surface area contributed by atoms with Crippen LogP contribution >= 0.6 is 0 Å². The van der Waals surface area contributed by atoms with Gasteiger partial charge in [0.15, 0.2) is 0 Å². The van der Waals surface area contributed by atoms with Crippen molar-refractivity contribution in [1.29, 1.82) is 0 Å². The molecule has 0 N–H and O–H groups in total. The van der Waals surface area contributed by atoms with E-state index in [1.165, 1.54) is 5.56 Å². The van der Waals surface area contributed by atoms with Gasteiger partial charge in [-0.05, 0) is 0 Å². The van der Waals surface area contributed by atoms with Crippen LogP contribution in [-0.4, -0.2) is 10.1 Å². The van der Waals surface area contributed by atoms with Crippen LogP contribution in [0, 0.1) is 13.0 Å². The standard InChI is InChI=1S/C7H7.Be.HI/c1-7-5-3-2-4-6-7;;/h3-6H,1H3;;1H/q-1;+2;/p-1. The van der Waals surface area contributed by atoms with Crippen molar-refractivity contribution in [2.45, 2.75) is 6.92 Å². The van der Waals surface area contributed by atoms with E-state index in [4.69, 9.17) is 0 Å². The van der Waals surface area contributed by atoms with Crippen molar-refractivity contribution in [2.24, 2.45) is 0 Å². The molecule has 0 unspecified atom stereocenters. The van der Waals surface area contributed by atoms with Gasteiger partial charge in [0, 0.05) is 0 Å². The Morgan fingerprint density at radius 3 is 1.89 bits per heavy atom. The molecule has 0 aliphatic heterocycles. The van der Waals surface area contributed by atoms with Gasteiger partial charge < -0.3 is 24.0 Å². The molecule has 0 aliphatic rings. The van der Waals surface area contributed by atoms with Gasteiger partial charge in [0.2, 0.25) is 0 Å². The molecule has 1 rings (SSSR count). The van der Waals surface area contributed by atoms with Crippen LogP contribution in [0.3, 0.4) is 0 Å². The van der Waals surface area contributed by atoms with E-state index in [9.17, 15) is 0 Å². The second-order valence-electron chi connectivity index (χ2n) is 1.58. The molecule has 0 aromatic heterocycles. The maximum atomic E-state index is 2.93. The van der Waals surface area contributed by atoms with E-state index < -0.39 is 0 Å². The second-order valence-corrected chi connectivity index (χ2v) is 1.58. The molecule has 0 atom stereocenters. The molecule has 0 bridgehead atoms. The van der Waals surface area contributed by atoms with Crippen LogP contribution in [0.25, 0.3) is 0 Å². The number of rotatable bonds is 0. The normalized spacial score (nSPS) is 6.78. The summed E-state index contributed by atoms with van der Waals surface area (Å²) in [7, 11) is 0. The average molecular weight is 227 g/mol. The molecule has 0 nitrogen and oxygen atoms in total. The minimum absolute atomic E-state index is 0. The Morgan fingerprint density at radius 1 is 1.22 bits per heavy atom. The topological polar surface area (TPSA) is 0 Å². The second kappa shape index (κ2) is 6.24. The predicted molar refractivity (Wildman–Crippen MR) is 35.8 cm³/mol. The van der Waals surface area contributed by atoms with Crippen LogP contribution in [0.15, 0.2) is 24.3 Å². The predicted octanol–water partition coefficient (Wildman–Crippen LogP) is -1.58. The summed E-state index contributed by atoms with van der Waals surface area (Å²) in [5.74, 6) is 0. The monoisotopic (exact) mass is 227 g/mol. The first-order chi connectivity index (χ1) is 3.39. The number of hydrogen-bond acceptors (Lipinski definition) is 0. The fourth-order valence-corrected chi connectivity index (χ4v) is 0.470. The van der Waals surface area contributed by atoms with Gasteiger partial charge in [0.1, 0.15) is 0 Å². The summed E-state index contributed by atoms with van der Waals surface area (Å²) in [6, 6.07) is 10.8. The van der Waals surface area contributed by atoms with E-state index in [1.54, 1.807) is 0 Å². The van der Waals surface area contributed by atoms with Crippen molar-refractivity contribution >= 4 is 10.1 Å². The van der Waals surface area contributed by atoms with Gasteiger partial charge in [0.25, 0.3) is 0 Å². The molecule has 0 amide bonds. The first-order valence-electron chi connectivity index (χ1n) is 2.32. The summed E-state index contributed by atoms with van der Waals surface area (Å²) in [4.78, 5) is 0. The van der Waals surface area contributed by atoms with Crippen LogP contribution in [0.2, 0.25) is 0 Å². The van der Waals surface area contributed by atoms with Crippen molar-refractivity contribution in [2.75, 3.05) is 0 Å². The van der Waals surface area contributed by atoms with Crippen LogP contribution in [0.5, 0.6) is 0 Å². The molecular formula is C7H7BeI. The van der Waals surface area contributed by atoms with Gasteiger partial charge in [-0.25, -0.2) is 0 Å². The Labute approximate surface area is 76.9 Å². The molecule has 9 heavy (non-hydrogen) atoms. The SMILES string of the molecule is Cc1cc[c-]cc1.[Be+2].[I-].